The van der Waals surface area contributed by atoms with Crippen LogP contribution in [0.15, 0.2) is 5.38 Å². The Bertz CT molecular complexity index is 539. The van der Waals surface area contributed by atoms with Gasteiger partial charge in [0.05, 0.1) is 0 Å². The van der Waals surface area contributed by atoms with Gasteiger partial charge < -0.3 is 15.1 Å². The Morgan fingerprint density at radius 1 is 1.38 bits per heavy atom. The number of hydrogen-bond donors (Lipinski definition) is 1. The van der Waals surface area contributed by atoms with Crippen LogP contribution in [0.25, 0.3) is 0 Å². The molecule has 1 aliphatic heterocycles. The van der Waals surface area contributed by atoms with Crippen molar-refractivity contribution in [1.29, 1.82) is 0 Å². The molecule has 3 rings (SSSR count). The minimum atomic E-state index is -0.146. The summed E-state index contributed by atoms with van der Waals surface area (Å²) in [5.41, 5.74) is 0.423. The summed E-state index contributed by atoms with van der Waals surface area (Å²) in [5, 5.41) is 5.37. The zero-order chi connectivity index (χ0) is 14.8. The van der Waals surface area contributed by atoms with E-state index in [0.717, 1.165) is 12.8 Å². The van der Waals surface area contributed by atoms with Crippen LogP contribution in [-0.4, -0.2) is 59.3 Å². The number of carbonyl (C=O) groups excluding carboxylic acids is 2. The molecular weight excluding hydrogens is 288 g/mol. The lowest BCUT2D eigenvalue weighted by atomic mass is 10.1. The number of thiazole rings is 1. The number of carbonyl (C=O) groups is 2. The molecule has 1 aliphatic carbocycles. The van der Waals surface area contributed by atoms with Gasteiger partial charge in [0.2, 0.25) is 5.91 Å². The summed E-state index contributed by atoms with van der Waals surface area (Å²) in [6.45, 7) is 1.44. The highest BCUT2D eigenvalue weighted by Gasteiger charge is 2.33. The molecule has 0 atom stereocenters. The van der Waals surface area contributed by atoms with Crippen molar-refractivity contribution >= 4 is 28.3 Å². The number of aromatic nitrogens is 1. The number of piperazine rings is 1. The molecule has 1 saturated carbocycles. The van der Waals surface area contributed by atoms with Crippen LogP contribution in [0.5, 0.6) is 0 Å². The lowest BCUT2D eigenvalue weighted by molar-refractivity contribution is -0.137. The molecule has 0 spiro atoms. The highest BCUT2D eigenvalue weighted by molar-refractivity contribution is 7.13. The van der Waals surface area contributed by atoms with Crippen LogP contribution in [-0.2, 0) is 4.79 Å². The molecule has 2 aliphatic rings. The van der Waals surface area contributed by atoms with E-state index in [4.69, 9.17) is 0 Å². The minimum absolute atomic E-state index is 0.0746. The molecule has 1 aromatic rings. The van der Waals surface area contributed by atoms with Crippen molar-refractivity contribution in [2.24, 2.45) is 0 Å². The SMILES string of the molecule is CNc1nc(C(=O)N2CCN(C3CCCC3)C(=O)C2)cs1. The number of rotatable bonds is 3. The van der Waals surface area contributed by atoms with Gasteiger partial charge in [-0.3, -0.25) is 9.59 Å². The summed E-state index contributed by atoms with van der Waals surface area (Å²) in [4.78, 5) is 32.5. The van der Waals surface area contributed by atoms with Gasteiger partial charge in [-0.15, -0.1) is 11.3 Å². The summed E-state index contributed by atoms with van der Waals surface area (Å²) >= 11 is 1.40. The largest absolute Gasteiger partial charge is 0.365 e. The van der Waals surface area contributed by atoms with Gasteiger partial charge in [-0.2, -0.15) is 0 Å². The number of anilines is 1. The van der Waals surface area contributed by atoms with E-state index in [9.17, 15) is 9.59 Å². The first kappa shape index (κ1) is 14.3. The monoisotopic (exact) mass is 308 g/mol. The number of nitrogens with zero attached hydrogens (tertiary/aromatic N) is 3. The van der Waals surface area contributed by atoms with Crippen molar-refractivity contribution < 1.29 is 9.59 Å². The zero-order valence-corrected chi connectivity index (χ0v) is 13.0. The van der Waals surface area contributed by atoms with Crippen molar-refractivity contribution in [2.45, 2.75) is 31.7 Å². The van der Waals surface area contributed by atoms with Crippen LogP contribution in [0.4, 0.5) is 5.13 Å². The molecule has 1 aromatic heterocycles. The standard InChI is InChI=1S/C14H20N4O2S/c1-15-14-16-11(9-21-14)13(20)17-6-7-18(12(19)8-17)10-4-2-3-5-10/h9-10H,2-8H2,1H3,(H,15,16). The fraction of sp³-hybridized carbons (Fsp3) is 0.643. The van der Waals surface area contributed by atoms with Gasteiger partial charge in [-0.05, 0) is 12.8 Å². The van der Waals surface area contributed by atoms with E-state index >= 15 is 0 Å². The zero-order valence-electron chi connectivity index (χ0n) is 12.2. The van der Waals surface area contributed by atoms with Crippen molar-refractivity contribution in [3.05, 3.63) is 11.1 Å². The third-order valence-corrected chi connectivity index (χ3v) is 5.11. The predicted molar refractivity (Wildman–Crippen MR) is 81.5 cm³/mol. The lowest BCUT2D eigenvalue weighted by Crippen LogP contribution is -2.54. The van der Waals surface area contributed by atoms with Gasteiger partial charge in [0.25, 0.3) is 5.91 Å². The Hall–Kier alpha value is -1.63. The molecule has 2 heterocycles. The van der Waals surface area contributed by atoms with Crippen molar-refractivity contribution in [2.75, 3.05) is 32.0 Å². The Kier molecular flexibility index (Phi) is 4.10. The molecule has 114 valence electrons. The maximum absolute atomic E-state index is 12.4. The summed E-state index contributed by atoms with van der Waals surface area (Å²) in [6, 6.07) is 0.393. The molecule has 0 bridgehead atoms. The summed E-state index contributed by atoms with van der Waals surface area (Å²) in [6.07, 6.45) is 4.64. The van der Waals surface area contributed by atoms with Gasteiger partial charge >= 0.3 is 0 Å². The predicted octanol–water partition coefficient (Wildman–Crippen LogP) is 1.41. The van der Waals surface area contributed by atoms with E-state index in [2.05, 4.69) is 10.3 Å². The average molecular weight is 308 g/mol. The number of amides is 2. The highest BCUT2D eigenvalue weighted by atomic mass is 32.1. The second-order valence-corrected chi connectivity index (χ2v) is 6.40. The van der Waals surface area contributed by atoms with Crippen LogP contribution in [0.2, 0.25) is 0 Å². The normalized spacial score (nSPS) is 20.1. The molecule has 6 nitrogen and oxygen atoms in total. The van der Waals surface area contributed by atoms with Crippen LogP contribution in [0, 0.1) is 0 Å². The van der Waals surface area contributed by atoms with Gasteiger partial charge in [0, 0.05) is 31.6 Å². The molecule has 1 N–H and O–H groups in total. The Morgan fingerprint density at radius 3 is 2.76 bits per heavy atom. The number of hydrogen-bond acceptors (Lipinski definition) is 5. The quantitative estimate of drug-likeness (QED) is 0.917. The fourth-order valence-electron chi connectivity index (χ4n) is 3.11. The molecule has 0 unspecified atom stereocenters. The second kappa shape index (κ2) is 6.01. The molecule has 7 heteroatoms. The van der Waals surface area contributed by atoms with Crippen molar-refractivity contribution in [1.82, 2.24) is 14.8 Å². The van der Waals surface area contributed by atoms with Crippen LogP contribution in [0.3, 0.4) is 0 Å². The Labute approximate surface area is 128 Å². The maximum atomic E-state index is 12.4. The summed E-state index contributed by atoms with van der Waals surface area (Å²) in [5.74, 6) is -0.0715. The van der Waals surface area contributed by atoms with E-state index in [1.807, 2.05) is 4.90 Å². The van der Waals surface area contributed by atoms with Gasteiger partial charge in [0.1, 0.15) is 12.2 Å². The first-order valence-corrected chi connectivity index (χ1v) is 8.29. The average Bonchev–Trinajstić information content (AvgIpc) is 3.17. The van der Waals surface area contributed by atoms with E-state index < -0.39 is 0 Å². The van der Waals surface area contributed by atoms with Crippen LogP contribution < -0.4 is 5.32 Å². The second-order valence-electron chi connectivity index (χ2n) is 5.54. The first-order chi connectivity index (χ1) is 10.2. The van der Waals surface area contributed by atoms with Crippen LogP contribution >= 0.6 is 11.3 Å². The molecule has 2 amide bonds. The summed E-state index contributed by atoms with van der Waals surface area (Å²) in [7, 11) is 1.77. The molecule has 21 heavy (non-hydrogen) atoms. The minimum Gasteiger partial charge on any atom is -0.365 e. The molecule has 0 radical (unpaired) electrons. The lowest BCUT2D eigenvalue weighted by Gasteiger charge is -2.37. The van der Waals surface area contributed by atoms with Crippen LogP contribution in [0.1, 0.15) is 36.2 Å². The van der Waals surface area contributed by atoms with Gasteiger partial charge in [-0.1, -0.05) is 12.8 Å². The fourth-order valence-corrected chi connectivity index (χ4v) is 3.76. The molecule has 2 fully saturated rings. The van der Waals surface area contributed by atoms with E-state index in [0.29, 0.717) is 30.0 Å². The third kappa shape index (κ3) is 2.88. The first-order valence-electron chi connectivity index (χ1n) is 7.41. The van der Waals surface area contributed by atoms with Crippen molar-refractivity contribution in [3.63, 3.8) is 0 Å². The third-order valence-electron chi connectivity index (χ3n) is 4.25. The molecule has 1 saturated heterocycles. The van der Waals surface area contributed by atoms with E-state index in [-0.39, 0.29) is 18.4 Å². The number of nitrogens with one attached hydrogen (secondary N) is 1. The maximum Gasteiger partial charge on any atom is 0.273 e. The van der Waals surface area contributed by atoms with Gasteiger partial charge in [-0.25, -0.2) is 4.98 Å². The van der Waals surface area contributed by atoms with E-state index in [1.54, 1.807) is 17.3 Å². The molecule has 0 aromatic carbocycles. The topological polar surface area (TPSA) is 65.5 Å². The highest BCUT2D eigenvalue weighted by Crippen LogP contribution is 2.25. The van der Waals surface area contributed by atoms with E-state index in [1.165, 1.54) is 24.2 Å². The smallest absolute Gasteiger partial charge is 0.273 e. The molecular formula is C14H20N4O2S. The Morgan fingerprint density at radius 2 is 2.14 bits per heavy atom. The van der Waals surface area contributed by atoms with Crippen molar-refractivity contribution in [3.8, 4) is 0 Å². The van der Waals surface area contributed by atoms with Gasteiger partial charge in [0.15, 0.2) is 5.13 Å². The Balaban J connectivity index is 1.63. The summed E-state index contributed by atoms with van der Waals surface area (Å²) < 4.78 is 0.